The number of aromatic nitrogens is 4. The average molecular weight is 378 g/mol. The highest BCUT2D eigenvalue weighted by molar-refractivity contribution is 5.97. The summed E-state index contributed by atoms with van der Waals surface area (Å²) in [4.78, 5) is 13.9. The van der Waals surface area contributed by atoms with Gasteiger partial charge in [-0.3, -0.25) is 4.79 Å². The van der Waals surface area contributed by atoms with Gasteiger partial charge in [0, 0.05) is 11.3 Å². The van der Waals surface area contributed by atoms with E-state index in [4.69, 9.17) is 5.73 Å². The molecule has 0 aliphatic rings. The normalized spacial score (nSPS) is 13.1. The van der Waals surface area contributed by atoms with Crippen molar-refractivity contribution in [2.75, 3.05) is 5.32 Å². The van der Waals surface area contributed by atoms with E-state index in [1.165, 1.54) is 0 Å². The van der Waals surface area contributed by atoms with Crippen LogP contribution >= 0.6 is 0 Å². The second kappa shape index (κ2) is 8.75. The number of amides is 1. The van der Waals surface area contributed by atoms with E-state index in [0.29, 0.717) is 18.8 Å². The van der Waals surface area contributed by atoms with Crippen LogP contribution in [0.4, 0.5) is 5.69 Å². The van der Waals surface area contributed by atoms with E-state index in [-0.39, 0.29) is 5.91 Å². The number of nitrogens with two attached hydrogens (primary N) is 1. The Morgan fingerprint density at radius 2 is 1.86 bits per heavy atom. The van der Waals surface area contributed by atoms with Crippen molar-refractivity contribution in [1.82, 2.24) is 20.2 Å². The number of anilines is 1. The fraction of sp³-hybridized carbons (Fsp3) is 0.333. The zero-order valence-corrected chi connectivity index (χ0v) is 16.3. The Hall–Kier alpha value is -3.06. The lowest BCUT2D eigenvalue weighted by atomic mass is 9.96. The van der Waals surface area contributed by atoms with E-state index < -0.39 is 5.54 Å². The number of carbonyl (C=O) groups excluding carboxylic acids is 1. The topological polar surface area (TPSA) is 98.7 Å². The van der Waals surface area contributed by atoms with Gasteiger partial charge in [-0.15, -0.1) is 10.2 Å². The summed E-state index contributed by atoms with van der Waals surface area (Å²) in [6, 6.07) is 17.5. The number of rotatable bonds is 8. The van der Waals surface area contributed by atoms with Crippen LogP contribution in [0, 0.1) is 0 Å². The van der Waals surface area contributed by atoms with Crippen molar-refractivity contribution >= 4 is 11.6 Å². The lowest BCUT2D eigenvalue weighted by Gasteiger charge is -2.22. The summed E-state index contributed by atoms with van der Waals surface area (Å²) in [5.74, 6) is 0.456. The summed E-state index contributed by atoms with van der Waals surface area (Å²) >= 11 is 0. The zero-order valence-electron chi connectivity index (χ0n) is 16.3. The molecular weight excluding hydrogens is 352 g/mol. The number of nitrogens with zero attached hydrogens (tertiary/aromatic N) is 4. The quantitative estimate of drug-likeness (QED) is 0.628. The summed E-state index contributed by atoms with van der Waals surface area (Å²) in [6.07, 6.45) is 2.28. The van der Waals surface area contributed by atoms with E-state index in [2.05, 4.69) is 20.7 Å². The number of hydrogen-bond donors (Lipinski definition) is 2. The number of nitrogens with one attached hydrogen (secondary N) is 1. The van der Waals surface area contributed by atoms with Gasteiger partial charge in [-0.05, 0) is 42.7 Å². The van der Waals surface area contributed by atoms with E-state index >= 15 is 0 Å². The number of carbonyl (C=O) groups is 1. The number of aryl methyl sites for hydroxylation is 2. The van der Waals surface area contributed by atoms with Crippen LogP contribution < -0.4 is 11.1 Å². The highest BCUT2D eigenvalue weighted by Gasteiger charge is 2.27. The van der Waals surface area contributed by atoms with Crippen LogP contribution in [0.5, 0.6) is 0 Å². The van der Waals surface area contributed by atoms with Gasteiger partial charge in [0.05, 0.1) is 12.1 Å². The van der Waals surface area contributed by atoms with Crippen molar-refractivity contribution in [3.8, 4) is 11.4 Å². The molecule has 0 saturated heterocycles. The van der Waals surface area contributed by atoms with Gasteiger partial charge in [0.15, 0.2) is 0 Å². The zero-order chi connectivity index (χ0) is 20.0. The molecule has 3 aromatic rings. The predicted octanol–water partition coefficient (Wildman–Crippen LogP) is 3.04. The molecule has 1 aromatic heterocycles. The van der Waals surface area contributed by atoms with Gasteiger partial charge in [0.1, 0.15) is 0 Å². The molecule has 0 fully saturated rings. The van der Waals surface area contributed by atoms with Gasteiger partial charge in [-0.25, -0.2) is 0 Å². The van der Waals surface area contributed by atoms with Crippen LogP contribution in [-0.2, 0) is 17.8 Å². The Morgan fingerprint density at radius 1 is 1.14 bits per heavy atom. The molecule has 1 atom stereocenters. The summed E-state index contributed by atoms with van der Waals surface area (Å²) in [7, 11) is 0. The standard InChI is InChI=1S/C21H26N6O/c1-3-14-21(2,22)20(28)23-18-11-9-16(10-12-18)13-15-27-25-19(24-26-27)17-7-5-4-6-8-17/h4-12H,3,13-15,22H2,1-2H3,(H,23,28). The number of hydrogen-bond acceptors (Lipinski definition) is 5. The van der Waals surface area contributed by atoms with Gasteiger partial charge in [-0.2, -0.15) is 4.80 Å². The molecule has 28 heavy (non-hydrogen) atoms. The first kappa shape index (κ1) is 19.7. The Labute approximate surface area is 164 Å². The van der Waals surface area contributed by atoms with Crippen LogP contribution in [0.15, 0.2) is 54.6 Å². The van der Waals surface area contributed by atoms with E-state index in [1.807, 2.05) is 61.5 Å². The first-order valence-electron chi connectivity index (χ1n) is 9.50. The van der Waals surface area contributed by atoms with E-state index in [0.717, 1.165) is 29.7 Å². The lowest BCUT2D eigenvalue weighted by Crippen LogP contribution is -2.48. The molecule has 1 amide bonds. The Morgan fingerprint density at radius 3 is 2.54 bits per heavy atom. The molecule has 0 bridgehead atoms. The van der Waals surface area contributed by atoms with Gasteiger partial charge >= 0.3 is 0 Å². The smallest absolute Gasteiger partial charge is 0.244 e. The third-order valence-corrected chi connectivity index (χ3v) is 4.59. The predicted molar refractivity (Wildman–Crippen MR) is 110 cm³/mol. The summed E-state index contributed by atoms with van der Waals surface area (Å²) in [6.45, 7) is 4.40. The van der Waals surface area contributed by atoms with Crippen LogP contribution in [0.1, 0.15) is 32.3 Å². The SMILES string of the molecule is CCCC(C)(N)C(=O)Nc1ccc(CCn2nnc(-c3ccccc3)n2)cc1. The third-order valence-electron chi connectivity index (χ3n) is 4.59. The molecular formula is C21H26N6O. The Kier molecular flexibility index (Phi) is 6.16. The molecule has 7 nitrogen and oxygen atoms in total. The highest BCUT2D eigenvalue weighted by Crippen LogP contribution is 2.16. The summed E-state index contributed by atoms with van der Waals surface area (Å²) in [5, 5.41) is 15.5. The Bertz CT molecular complexity index is 902. The Balaban J connectivity index is 1.55. The second-order valence-corrected chi connectivity index (χ2v) is 7.14. The third kappa shape index (κ3) is 5.01. The molecule has 0 spiro atoms. The highest BCUT2D eigenvalue weighted by atomic mass is 16.2. The minimum Gasteiger partial charge on any atom is -0.325 e. The molecule has 3 rings (SSSR count). The van der Waals surface area contributed by atoms with Crippen LogP contribution in [0.3, 0.4) is 0 Å². The van der Waals surface area contributed by atoms with Gasteiger partial charge in [-0.1, -0.05) is 55.8 Å². The first-order valence-corrected chi connectivity index (χ1v) is 9.50. The maximum absolute atomic E-state index is 12.3. The molecule has 0 aliphatic heterocycles. The monoisotopic (exact) mass is 378 g/mol. The molecule has 7 heteroatoms. The maximum Gasteiger partial charge on any atom is 0.244 e. The van der Waals surface area contributed by atoms with Crippen molar-refractivity contribution in [3.05, 3.63) is 60.2 Å². The van der Waals surface area contributed by atoms with Crippen molar-refractivity contribution < 1.29 is 4.79 Å². The minimum atomic E-state index is -0.858. The summed E-state index contributed by atoms with van der Waals surface area (Å²) < 4.78 is 0. The number of benzene rings is 2. The molecule has 2 aromatic carbocycles. The average Bonchev–Trinajstić information content (AvgIpc) is 3.17. The van der Waals surface area contributed by atoms with Gasteiger partial charge < -0.3 is 11.1 Å². The molecule has 0 saturated carbocycles. The maximum atomic E-state index is 12.3. The minimum absolute atomic E-state index is 0.164. The van der Waals surface area contributed by atoms with Crippen molar-refractivity contribution in [1.29, 1.82) is 0 Å². The van der Waals surface area contributed by atoms with Gasteiger partial charge in [0.2, 0.25) is 11.7 Å². The largest absolute Gasteiger partial charge is 0.325 e. The van der Waals surface area contributed by atoms with Gasteiger partial charge in [0.25, 0.3) is 0 Å². The molecule has 1 unspecified atom stereocenters. The van der Waals surface area contributed by atoms with Crippen LogP contribution in [0.2, 0.25) is 0 Å². The number of tetrazole rings is 1. The van der Waals surface area contributed by atoms with Crippen LogP contribution in [-0.4, -0.2) is 31.7 Å². The fourth-order valence-corrected chi connectivity index (χ4v) is 2.93. The lowest BCUT2D eigenvalue weighted by molar-refractivity contribution is -0.120. The first-order chi connectivity index (χ1) is 13.5. The molecule has 1 heterocycles. The van der Waals surface area contributed by atoms with Crippen LogP contribution in [0.25, 0.3) is 11.4 Å². The van der Waals surface area contributed by atoms with Crippen molar-refractivity contribution in [3.63, 3.8) is 0 Å². The molecule has 0 radical (unpaired) electrons. The second-order valence-electron chi connectivity index (χ2n) is 7.14. The molecule has 3 N–H and O–H groups in total. The molecule has 0 aliphatic carbocycles. The van der Waals surface area contributed by atoms with Crippen molar-refractivity contribution in [2.24, 2.45) is 5.73 Å². The van der Waals surface area contributed by atoms with Crippen molar-refractivity contribution in [2.45, 2.75) is 45.2 Å². The summed E-state index contributed by atoms with van der Waals surface area (Å²) in [5.41, 5.74) is 8.03. The van der Waals surface area contributed by atoms with E-state index in [9.17, 15) is 4.79 Å². The molecule has 146 valence electrons. The fourth-order valence-electron chi connectivity index (χ4n) is 2.93. The van der Waals surface area contributed by atoms with E-state index in [1.54, 1.807) is 11.7 Å².